The van der Waals surface area contributed by atoms with Crippen molar-refractivity contribution in [2.75, 3.05) is 44.2 Å². The van der Waals surface area contributed by atoms with Crippen LogP contribution in [0.15, 0.2) is 0 Å². The maximum atomic E-state index is 9.25. The lowest BCUT2D eigenvalue weighted by molar-refractivity contribution is 0.146. The van der Waals surface area contributed by atoms with Gasteiger partial charge in [-0.2, -0.15) is 10.4 Å². The van der Waals surface area contributed by atoms with Crippen LogP contribution >= 0.6 is 0 Å². The van der Waals surface area contributed by atoms with Crippen LogP contribution in [-0.4, -0.2) is 60.0 Å². The molecule has 0 saturated carbocycles. The van der Waals surface area contributed by atoms with Crippen LogP contribution in [0.4, 0.5) is 5.82 Å². The third kappa shape index (κ3) is 2.09. The molecule has 0 unspecified atom stereocenters. The Morgan fingerprint density at radius 1 is 1.32 bits per heavy atom. The molecule has 1 aromatic heterocycles. The highest BCUT2D eigenvalue weighted by atomic mass is 15.4. The summed E-state index contributed by atoms with van der Waals surface area (Å²) in [7, 11) is 1.92. The second kappa shape index (κ2) is 4.83. The Balaban J connectivity index is 1.69. The van der Waals surface area contributed by atoms with Crippen LogP contribution in [0, 0.1) is 18.3 Å². The molecular formula is C13H20N6. The van der Waals surface area contributed by atoms with Crippen LogP contribution in [0.1, 0.15) is 11.3 Å². The second-order valence-corrected chi connectivity index (χ2v) is 5.36. The Bertz CT molecular complexity index is 502. The van der Waals surface area contributed by atoms with Crippen LogP contribution in [-0.2, 0) is 7.05 Å². The minimum Gasteiger partial charge on any atom is -0.352 e. The Labute approximate surface area is 113 Å². The van der Waals surface area contributed by atoms with Crippen molar-refractivity contribution in [1.29, 1.82) is 5.26 Å². The molecule has 6 nitrogen and oxygen atoms in total. The van der Waals surface area contributed by atoms with Gasteiger partial charge in [0.2, 0.25) is 0 Å². The predicted octanol–water partition coefficient (Wildman–Crippen LogP) is -0.306. The first kappa shape index (κ1) is 12.5. The fourth-order valence-corrected chi connectivity index (χ4v) is 3.05. The molecule has 0 aromatic carbocycles. The summed E-state index contributed by atoms with van der Waals surface area (Å²) in [5, 5.41) is 17.0. The molecule has 0 radical (unpaired) electrons. The van der Waals surface area contributed by atoms with Crippen molar-refractivity contribution < 1.29 is 0 Å². The van der Waals surface area contributed by atoms with E-state index in [9.17, 15) is 5.26 Å². The maximum Gasteiger partial charge on any atom is 0.145 e. The summed E-state index contributed by atoms with van der Waals surface area (Å²) in [6, 6.07) is 2.91. The lowest BCUT2D eigenvalue weighted by atomic mass is 10.1. The molecule has 0 spiro atoms. The van der Waals surface area contributed by atoms with Gasteiger partial charge in [0.15, 0.2) is 0 Å². The number of nitrogens with zero attached hydrogens (tertiary/aromatic N) is 5. The van der Waals surface area contributed by atoms with E-state index in [0.29, 0.717) is 6.04 Å². The molecule has 3 rings (SSSR count). The number of aryl methyl sites for hydroxylation is 2. The first-order chi connectivity index (χ1) is 9.20. The summed E-state index contributed by atoms with van der Waals surface area (Å²) in [5.74, 6) is 0.978. The molecule has 6 heteroatoms. The molecule has 2 aliphatic rings. The van der Waals surface area contributed by atoms with Crippen molar-refractivity contribution in [3.63, 3.8) is 0 Å². The third-order valence-electron chi connectivity index (χ3n) is 4.13. The predicted molar refractivity (Wildman–Crippen MR) is 73.1 cm³/mol. The molecule has 2 saturated heterocycles. The average molecular weight is 260 g/mol. The highest BCUT2D eigenvalue weighted by molar-refractivity contribution is 5.58. The Kier molecular flexibility index (Phi) is 3.17. The number of aromatic nitrogens is 2. The van der Waals surface area contributed by atoms with Gasteiger partial charge < -0.3 is 10.2 Å². The summed E-state index contributed by atoms with van der Waals surface area (Å²) in [5.41, 5.74) is 1.55. The fraction of sp³-hybridized carbons (Fsp3) is 0.692. The van der Waals surface area contributed by atoms with Crippen LogP contribution in [0.3, 0.4) is 0 Å². The molecule has 0 aliphatic carbocycles. The molecule has 19 heavy (non-hydrogen) atoms. The van der Waals surface area contributed by atoms with Crippen LogP contribution in [0.25, 0.3) is 0 Å². The molecule has 1 aromatic rings. The molecule has 2 fully saturated rings. The number of hydrogen-bond acceptors (Lipinski definition) is 5. The zero-order valence-electron chi connectivity index (χ0n) is 11.6. The molecule has 2 aliphatic heterocycles. The molecular weight excluding hydrogens is 240 g/mol. The lowest BCUT2D eigenvalue weighted by Crippen LogP contribution is -2.63. The number of rotatable bonds is 2. The Hall–Kier alpha value is -1.58. The second-order valence-electron chi connectivity index (χ2n) is 5.36. The highest BCUT2D eigenvalue weighted by Crippen LogP contribution is 2.28. The van der Waals surface area contributed by atoms with Gasteiger partial charge >= 0.3 is 0 Å². The summed E-state index contributed by atoms with van der Waals surface area (Å²) < 4.78 is 1.84. The molecule has 0 bridgehead atoms. The minimum absolute atomic E-state index is 0.629. The SMILES string of the molecule is Cc1nn(C)c(N2CC(N3CCNCC3)C2)c1C#N. The van der Waals surface area contributed by atoms with Gasteiger partial charge in [0.25, 0.3) is 0 Å². The summed E-state index contributed by atoms with van der Waals surface area (Å²) in [6.07, 6.45) is 0. The molecule has 0 amide bonds. The quantitative estimate of drug-likeness (QED) is 0.791. The maximum absolute atomic E-state index is 9.25. The van der Waals surface area contributed by atoms with Crippen molar-refractivity contribution in [3.05, 3.63) is 11.3 Å². The first-order valence-corrected chi connectivity index (χ1v) is 6.84. The lowest BCUT2D eigenvalue weighted by Gasteiger charge is -2.47. The van der Waals surface area contributed by atoms with Gasteiger partial charge in [-0.1, -0.05) is 0 Å². The minimum atomic E-state index is 0.629. The van der Waals surface area contributed by atoms with Crippen LogP contribution in [0.5, 0.6) is 0 Å². The largest absolute Gasteiger partial charge is 0.352 e. The Morgan fingerprint density at radius 3 is 2.63 bits per heavy atom. The molecule has 0 atom stereocenters. The van der Waals surface area contributed by atoms with Gasteiger partial charge in [-0.05, 0) is 6.92 Å². The van der Waals surface area contributed by atoms with E-state index in [-0.39, 0.29) is 0 Å². The van der Waals surface area contributed by atoms with Crippen molar-refractivity contribution >= 4 is 5.82 Å². The number of anilines is 1. The number of nitriles is 1. The van der Waals surface area contributed by atoms with Gasteiger partial charge in [0, 0.05) is 52.4 Å². The van der Waals surface area contributed by atoms with E-state index < -0.39 is 0 Å². The van der Waals surface area contributed by atoms with E-state index in [1.165, 1.54) is 0 Å². The van der Waals surface area contributed by atoms with Gasteiger partial charge in [-0.3, -0.25) is 9.58 Å². The number of nitrogens with one attached hydrogen (secondary N) is 1. The standard InChI is InChI=1S/C13H20N6/c1-10-12(7-14)13(17(2)16-10)19-8-11(9-19)18-5-3-15-4-6-18/h11,15H,3-6,8-9H2,1-2H3. The van der Waals surface area contributed by atoms with Crippen LogP contribution in [0.2, 0.25) is 0 Å². The topological polar surface area (TPSA) is 60.1 Å². The van der Waals surface area contributed by atoms with Crippen molar-refractivity contribution in [3.8, 4) is 6.07 Å². The average Bonchev–Trinajstić information content (AvgIpc) is 2.64. The third-order valence-corrected chi connectivity index (χ3v) is 4.13. The van der Waals surface area contributed by atoms with Gasteiger partial charge in [0.1, 0.15) is 17.5 Å². The monoisotopic (exact) mass is 260 g/mol. The van der Waals surface area contributed by atoms with E-state index >= 15 is 0 Å². The van der Waals surface area contributed by atoms with E-state index in [4.69, 9.17) is 0 Å². The van der Waals surface area contributed by atoms with Crippen LogP contribution < -0.4 is 10.2 Å². The first-order valence-electron chi connectivity index (χ1n) is 6.84. The molecule has 1 N–H and O–H groups in total. The molecule has 102 valence electrons. The summed E-state index contributed by atoms with van der Waals surface area (Å²) >= 11 is 0. The van der Waals surface area contributed by atoms with Crippen molar-refractivity contribution in [1.82, 2.24) is 20.0 Å². The Morgan fingerprint density at radius 2 is 2.00 bits per heavy atom. The fourth-order valence-electron chi connectivity index (χ4n) is 3.05. The number of hydrogen-bond donors (Lipinski definition) is 1. The highest BCUT2D eigenvalue weighted by Gasteiger charge is 2.35. The summed E-state index contributed by atoms with van der Waals surface area (Å²) in [6.45, 7) is 8.36. The van der Waals surface area contributed by atoms with Gasteiger partial charge in [-0.25, -0.2) is 0 Å². The number of piperazine rings is 1. The van der Waals surface area contributed by atoms with Gasteiger partial charge in [0.05, 0.1) is 5.69 Å². The van der Waals surface area contributed by atoms with E-state index in [2.05, 4.69) is 26.3 Å². The van der Waals surface area contributed by atoms with Crippen molar-refractivity contribution in [2.45, 2.75) is 13.0 Å². The normalized spacial score (nSPS) is 21.2. The van der Waals surface area contributed by atoms with E-state index in [1.807, 2.05) is 18.7 Å². The van der Waals surface area contributed by atoms with E-state index in [0.717, 1.165) is 56.3 Å². The van der Waals surface area contributed by atoms with E-state index in [1.54, 1.807) is 0 Å². The van der Waals surface area contributed by atoms with Gasteiger partial charge in [-0.15, -0.1) is 0 Å². The van der Waals surface area contributed by atoms with Crippen molar-refractivity contribution in [2.24, 2.45) is 7.05 Å². The molecule has 3 heterocycles. The zero-order chi connectivity index (χ0) is 13.4. The smallest absolute Gasteiger partial charge is 0.145 e. The summed E-state index contributed by atoms with van der Waals surface area (Å²) in [4.78, 5) is 4.81. The zero-order valence-corrected chi connectivity index (χ0v) is 11.6.